The maximum absolute atomic E-state index is 6.25. The maximum atomic E-state index is 6.25. The second kappa shape index (κ2) is 9.54. The van der Waals surface area contributed by atoms with E-state index < -0.39 is 0 Å². The van der Waals surface area contributed by atoms with E-state index in [0.717, 1.165) is 23.6 Å². The molecule has 0 N–H and O–H groups in total. The Morgan fingerprint density at radius 2 is 1.96 bits per heavy atom. The van der Waals surface area contributed by atoms with Gasteiger partial charge in [0.1, 0.15) is 0 Å². The molecule has 3 aromatic rings. The molecule has 1 unspecified atom stereocenters. The number of hydrogen-bond acceptors (Lipinski definition) is 2. The first-order valence-electron chi connectivity index (χ1n) is 9.18. The Bertz CT molecular complexity index is 870. The van der Waals surface area contributed by atoms with Crippen LogP contribution in [0.25, 0.3) is 6.08 Å². The summed E-state index contributed by atoms with van der Waals surface area (Å²) < 4.78 is 8.33. The zero-order valence-corrected chi connectivity index (χ0v) is 16.6. The van der Waals surface area contributed by atoms with Crippen LogP contribution in [-0.4, -0.2) is 16.2 Å². The standard InChI is InChI=1S/C23H25ClN2O/c1-18-5-10-22(19(2)16-18)23(11-13-26-14-12-25-17-26)27-15-3-4-20-6-8-21(24)9-7-20/h3-10,12,14,16-17,23H,11,13,15H2,1-2H3/b4-3+. The van der Waals surface area contributed by atoms with E-state index in [1.54, 1.807) is 0 Å². The monoisotopic (exact) mass is 380 g/mol. The Balaban J connectivity index is 1.66. The Labute approximate surface area is 166 Å². The van der Waals surface area contributed by atoms with E-state index in [2.05, 4.69) is 53.7 Å². The Morgan fingerprint density at radius 1 is 1.15 bits per heavy atom. The van der Waals surface area contributed by atoms with Crippen LogP contribution in [0.5, 0.6) is 0 Å². The summed E-state index contributed by atoms with van der Waals surface area (Å²) in [5, 5.41) is 0.748. The van der Waals surface area contributed by atoms with Crippen LogP contribution in [0.4, 0.5) is 0 Å². The number of rotatable bonds is 8. The van der Waals surface area contributed by atoms with Crippen LogP contribution >= 0.6 is 11.6 Å². The average Bonchev–Trinajstić information content (AvgIpc) is 3.17. The van der Waals surface area contributed by atoms with Crippen molar-refractivity contribution < 1.29 is 4.74 Å². The lowest BCUT2D eigenvalue weighted by Gasteiger charge is -2.20. The summed E-state index contributed by atoms with van der Waals surface area (Å²) in [4.78, 5) is 4.12. The third-order valence-electron chi connectivity index (χ3n) is 4.55. The van der Waals surface area contributed by atoms with Gasteiger partial charge in [0.15, 0.2) is 0 Å². The molecule has 0 saturated heterocycles. The van der Waals surface area contributed by atoms with Crippen molar-refractivity contribution in [2.75, 3.05) is 6.61 Å². The van der Waals surface area contributed by atoms with Crippen LogP contribution in [0.2, 0.25) is 5.02 Å². The van der Waals surface area contributed by atoms with Crippen LogP contribution in [-0.2, 0) is 11.3 Å². The van der Waals surface area contributed by atoms with Crippen molar-refractivity contribution in [3.05, 3.63) is 94.5 Å². The van der Waals surface area contributed by atoms with Gasteiger partial charge >= 0.3 is 0 Å². The lowest BCUT2D eigenvalue weighted by Crippen LogP contribution is -2.10. The zero-order chi connectivity index (χ0) is 19.1. The summed E-state index contributed by atoms with van der Waals surface area (Å²) in [5.41, 5.74) is 4.91. The maximum Gasteiger partial charge on any atom is 0.0945 e. The highest BCUT2D eigenvalue weighted by Crippen LogP contribution is 2.26. The first kappa shape index (κ1) is 19.4. The molecule has 3 rings (SSSR count). The van der Waals surface area contributed by atoms with Crippen LogP contribution < -0.4 is 0 Å². The van der Waals surface area contributed by atoms with E-state index in [0.29, 0.717) is 6.61 Å². The zero-order valence-electron chi connectivity index (χ0n) is 15.8. The highest BCUT2D eigenvalue weighted by Gasteiger charge is 2.14. The summed E-state index contributed by atoms with van der Waals surface area (Å²) in [6, 6.07) is 14.3. The minimum Gasteiger partial charge on any atom is -0.369 e. The van der Waals surface area contributed by atoms with Crippen LogP contribution in [0.1, 0.15) is 34.8 Å². The number of aryl methyl sites for hydroxylation is 3. The fraction of sp³-hybridized carbons (Fsp3) is 0.261. The highest BCUT2D eigenvalue weighted by atomic mass is 35.5. The number of imidazole rings is 1. The number of hydrogen-bond donors (Lipinski definition) is 0. The number of aromatic nitrogens is 2. The average molecular weight is 381 g/mol. The Morgan fingerprint density at radius 3 is 2.67 bits per heavy atom. The van der Waals surface area contributed by atoms with Gasteiger partial charge in [-0.05, 0) is 49.1 Å². The molecule has 1 atom stereocenters. The summed E-state index contributed by atoms with van der Waals surface area (Å²) in [6.45, 7) is 5.70. The van der Waals surface area contributed by atoms with Crippen LogP contribution in [0, 0.1) is 13.8 Å². The highest BCUT2D eigenvalue weighted by molar-refractivity contribution is 6.30. The Kier molecular flexibility index (Phi) is 6.86. The summed E-state index contributed by atoms with van der Waals surface area (Å²) >= 11 is 5.93. The Hall–Kier alpha value is -2.36. The predicted molar refractivity (Wildman–Crippen MR) is 112 cm³/mol. The van der Waals surface area contributed by atoms with Gasteiger partial charge in [0, 0.05) is 24.0 Å². The van der Waals surface area contributed by atoms with Gasteiger partial charge in [-0.3, -0.25) is 0 Å². The van der Waals surface area contributed by atoms with Gasteiger partial charge in [0.05, 0.1) is 19.0 Å². The predicted octanol–water partition coefficient (Wildman–Crippen LogP) is 6.01. The van der Waals surface area contributed by atoms with Gasteiger partial charge < -0.3 is 9.30 Å². The molecule has 1 aromatic heterocycles. The molecule has 0 aliphatic heterocycles. The van der Waals surface area contributed by atoms with Gasteiger partial charge in [-0.15, -0.1) is 0 Å². The van der Waals surface area contributed by atoms with Gasteiger partial charge in [0.2, 0.25) is 0 Å². The number of benzene rings is 2. The largest absolute Gasteiger partial charge is 0.369 e. The SMILES string of the molecule is Cc1ccc(C(CCn2ccnc2)OC/C=C/c2ccc(Cl)cc2)c(C)c1. The van der Waals surface area contributed by atoms with E-state index in [9.17, 15) is 0 Å². The van der Waals surface area contributed by atoms with Gasteiger partial charge in [-0.25, -0.2) is 4.98 Å². The molecule has 4 heteroatoms. The summed E-state index contributed by atoms with van der Waals surface area (Å²) in [6.07, 6.45) is 10.7. The molecular formula is C23H25ClN2O. The minimum atomic E-state index is 0.0443. The lowest BCUT2D eigenvalue weighted by atomic mass is 9.99. The second-order valence-electron chi connectivity index (χ2n) is 6.73. The molecule has 0 amide bonds. The number of halogens is 1. The number of nitrogens with zero attached hydrogens (tertiary/aromatic N) is 2. The lowest BCUT2D eigenvalue weighted by molar-refractivity contribution is 0.0638. The molecule has 0 spiro atoms. The van der Waals surface area contributed by atoms with Crippen molar-refractivity contribution in [2.45, 2.75) is 32.9 Å². The molecule has 2 aromatic carbocycles. The van der Waals surface area contributed by atoms with E-state index in [-0.39, 0.29) is 6.10 Å². The number of ether oxygens (including phenoxy) is 1. The third kappa shape index (κ3) is 5.81. The molecule has 0 radical (unpaired) electrons. The van der Waals surface area contributed by atoms with Crippen molar-refractivity contribution in [3.8, 4) is 0 Å². The molecule has 0 aliphatic carbocycles. The van der Waals surface area contributed by atoms with Crippen molar-refractivity contribution in [1.29, 1.82) is 0 Å². The minimum absolute atomic E-state index is 0.0443. The van der Waals surface area contributed by atoms with E-state index in [4.69, 9.17) is 16.3 Å². The van der Waals surface area contributed by atoms with Crippen LogP contribution in [0.3, 0.4) is 0 Å². The topological polar surface area (TPSA) is 27.1 Å². The van der Waals surface area contributed by atoms with E-state index in [1.807, 2.05) is 43.0 Å². The molecule has 1 heterocycles. The summed E-state index contributed by atoms with van der Waals surface area (Å²) in [5.74, 6) is 0. The van der Waals surface area contributed by atoms with Crippen molar-refractivity contribution in [2.24, 2.45) is 0 Å². The van der Waals surface area contributed by atoms with Gasteiger partial charge in [0.25, 0.3) is 0 Å². The quantitative estimate of drug-likeness (QED) is 0.478. The fourth-order valence-electron chi connectivity index (χ4n) is 3.13. The molecule has 0 bridgehead atoms. The van der Waals surface area contributed by atoms with E-state index >= 15 is 0 Å². The first-order chi connectivity index (χ1) is 13.1. The molecule has 140 valence electrons. The third-order valence-corrected chi connectivity index (χ3v) is 4.81. The summed E-state index contributed by atoms with van der Waals surface area (Å²) in [7, 11) is 0. The smallest absolute Gasteiger partial charge is 0.0945 e. The van der Waals surface area contributed by atoms with Crippen molar-refractivity contribution >= 4 is 17.7 Å². The van der Waals surface area contributed by atoms with Gasteiger partial charge in [-0.2, -0.15) is 0 Å². The van der Waals surface area contributed by atoms with Crippen LogP contribution in [0.15, 0.2) is 67.3 Å². The fourth-order valence-corrected chi connectivity index (χ4v) is 3.26. The molecular weight excluding hydrogens is 356 g/mol. The first-order valence-corrected chi connectivity index (χ1v) is 9.56. The molecule has 0 fully saturated rings. The second-order valence-corrected chi connectivity index (χ2v) is 7.16. The molecule has 27 heavy (non-hydrogen) atoms. The molecule has 3 nitrogen and oxygen atoms in total. The molecule has 0 saturated carbocycles. The van der Waals surface area contributed by atoms with Gasteiger partial charge in [-0.1, -0.05) is 59.6 Å². The van der Waals surface area contributed by atoms with Crippen molar-refractivity contribution in [3.63, 3.8) is 0 Å². The molecule has 0 aliphatic rings. The van der Waals surface area contributed by atoms with E-state index in [1.165, 1.54) is 16.7 Å². The normalized spacial score (nSPS) is 12.6. The van der Waals surface area contributed by atoms with Crippen molar-refractivity contribution in [1.82, 2.24) is 9.55 Å².